The normalized spacial score (nSPS) is 18.2. The molecule has 0 spiro atoms. The first-order chi connectivity index (χ1) is 4.29. The highest BCUT2D eigenvalue weighted by Crippen LogP contribution is 1.82. The molecule has 3 N–H and O–H groups in total. The molecule has 0 aromatic heterocycles. The second-order valence-corrected chi connectivity index (χ2v) is 1.63. The van der Waals surface area contributed by atoms with E-state index in [4.69, 9.17) is 5.73 Å². The van der Waals surface area contributed by atoms with Crippen molar-refractivity contribution in [3.63, 3.8) is 0 Å². The molecule has 0 unspecified atom stereocenters. The molecule has 0 saturated heterocycles. The molecule has 4 nitrogen and oxygen atoms in total. The van der Waals surface area contributed by atoms with Crippen molar-refractivity contribution in [3.8, 4) is 0 Å². The van der Waals surface area contributed by atoms with E-state index in [0.29, 0.717) is 6.54 Å². The van der Waals surface area contributed by atoms with Crippen molar-refractivity contribution in [1.29, 1.82) is 0 Å². The van der Waals surface area contributed by atoms with Crippen LogP contribution in [0.15, 0.2) is 17.1 Å². The fourth-order valence-electron chi connectivity index (χ4n) is 0.520. The van der Waals surface area contributed by atoms with E-state index in [0.717, 1.165) is 0 Å². The van der Waals surface area contributed by atoms with E-state index in [2.05, 4.69) is 10.3 Å². The molecular weight excluding hydrogens is 118 g/mol. The van der Waals surface area contributed by atoms with Crippen molar-refractivity contribution < 1.29 is 4.79 Å². The number of nitrogens with zero attached hydrogens (tertiary/aromatic N) is 1. The summed E-state index contributed by atoms with van der Waals surface area (Å²) in [5.41, 5.74) is 5.23. The number of nitrogens with two attached hydrogens (primary N) is 1. The predicted octanol–water partition coefficient (Wildman–Crippen LogP) is -0.377. The average molecular weight is 125 g/mol. The Balaban J connectivity index is 2.74. The lowest BCUT2D eigenvalue weighted by atomic mass is 10.5. The highest BCUT2D eigenvalue weighted by Gasteiger charge is 1.98. The van der Waals surface area contributed by atoms with Crippen LogP contribution >= 0.6 is 0 Å². The van der Waals surface area contributed by atoms with Gasteiger partial charge in [0.2, 0.25) is 0 Å². The Morgan fingerprint density at radius 1 is 1.78 bits per heavy atom. The largest absolute Gasteiger partial charge is 0.384 e. The molecule has 0 radical (unpaired) electrons. The molecule has 0 aromatic carbocycles. The Bertz CT molecular complexity index is 183. The van der Waals surface area contributed by atoms with Gasteiger partial charge in [-0.3, -0.25) is 0 Å². The molecule has 1 aliphatic rings. The van der Waals surface area contributed by atoms with Crippen LogP contribution in [-0.4, -0.2) is 18.4 Å². The van der Waals surface area contributed by atoms with Gasteiger partial charge in [0.05, 0.1) is 0 Å². The van der Waals surface area contributed by atoms with Crippen molar-refractivity contribution in [3.05, 3.63) is 12.2 Å². The fraction of sp³-hybridized carbons (Fsp3) is 0.200. The van der Waals surface area contributed by atoms with E-state index in [1.807, 2.05) is 0 Å². The van der Waals surface area contributed by atoms with Crippen molar-refractivity contribution in [2.45, 2.75) is 0 Å². The number of aliphatic imine (C=N–C) groups is 1. The molecule has 4 heteroatoms. The van der Waals surface area contributed by atoms with E-state index in [1.165, 1.54) is 0 Å². The Labute approximate surface area is 52.5 Å². The number of nitrogens with one attached hydrogen (secondary N) is 1. The lowest BCUT2D eigenvalue weighted by molar-refractivity contribution is 0.250. The lowest BCUT2D eigenvalue weighted by Gasteiger charge is -1.89. The zero-order valence-electron chi connectivity index (χ0n) is 4.79. The van der Waals surface area contributed by atoms with Crippen LogP contribution in [0.2, 0.25) is 0 Å². The van der Waals surface area contributed by atoms with Crippen LogP contribution in [0.1, 0.15) is 0 Å². The summed E-state index contributed by atoms with van der Waals surface area (Å²) in [4.78, 5) is 13.9. The Hall–Kier alpha value is -1.32. The zero-order valence-corrected chi connectivity index (χ0v) is 4.79. The first kappa shape index (κ1) is 5.81. The molecule has 2 amide bonds. The molecule has 9 heavy (non-hydrogen) atoms. The van der Waals surface area contributed by atoms with Crippen molar-refractivity contribution in [1.82, 2.24) is 5.32 Å². The number of rotatable bonds is 0. The van der Waals surface area contributed by atoms with Gasteiger partial charge in [0, 0.05) is 6.54 Å². The van der Waals surface area contributed by atoms with Gasteiger partial charge in [-0.1, -0.05) is 6.08 Å². The van der Waals surface area contributed by atoms with E-state index in [-0.39, 0.29) is 11.9 Å². The maximum atomic E-state index is 10.5. The third-order valence-electron chi connectivity index (χ3n) is 0.890. The topological polar surface area (TPSA) is 67.5 Å². The van der Waals surface area contributed by atoms with Crippen LogP contribution in [0.3, 0.4) is 0 Å². The highest BCUT2D eigenvalue weighted by atomic mass is 16.2. The Kier molecular flexibility index (Phi) is 1.48. The molecule has 0 fully saturated rings. The molecule has 0 aliphatic carbocycles. The van der Waals surface area contributed by atoms with Gasteiger partial charge in [-0.15, -0.1) is 0 Å². The molecule has 1 heterocycles. The van der Waals surface area contributed by atoms with Gasteiger partial charge < -0.3 is 11.1 Å². The minimum atomic E-state index is -0.377. The molecule has 48 valence electrons. The van der Waals surface area contributed by atoms with E-state index in [1.54, 1.807) is 12.2 Å². The molecule has 0 saturated carbocycles. The van der Waals surface area contributed by atoms with Gasteiger partial charge >= 0.3 is 6.03 Å². The van der Waals surface area contributed by atoms with Gasteiger partial charge in [-0.05, 0) is 6.08 Å². The van der Waals surface area contributed by atoms with Crippen LogP contribution in [-0.2, 0) is 0 Å². The van der Waals surface area contributed by atoms with Gasteiger partial charge in [0.1, 0.15) is 5.84 Å². The zero-order chi connectivity index (χ0) is 6.69. The molecule has 0 bridgehead atoms. The Morgan fingerprint density at radius 3 is 3.33 bits per heavy atom. The van der Waals surface area contributed by atoms with Crippen LogP contribution in [0.25, 0.3) is 0 Å². The SMILES string of the molecule is NC1=NC(=O)NCC=C1. The summed E-state index contributed by atoms with van der Waals surface area (Å²) in [6.45, 7) is 0.503. The number of amides is 2. The van der Waals surface area contributed by atoms with Gasteiger partial charge in [0.25, 0.3) is 0 Å². The maximum Gasteiger partial charge on any atom is 0.343 e. The van der Waals surface area contributed by atoms with Gasteiger partial charge in [0.15, 0.2) is 0 Å². The van der Waals surface area contributed by atoms with Crippen LogP contribution in [0, 0.1) is 0 Å². The first-order valence-corrected chi connectivity index (χ1v) is 2.57. The second kappa shape index (κ2) is 2.30. The summed E-state index contributed by atoms with van der Waals surface area (Å²) >= 11 is 0. The number of urea groups is 1. The van der Waals surface area contributed by atoms with Crippen LogP contribution in [0.5, 0.6) is 0 Å². The highest BCUT2D eigenvalue weighted by molar-refractivity contribution is 6.00. The summed E-state index contributed by atoms with van der Waals surface area (Å²) in [5, 5.41) is 2.48. The average Bonchev–Trinajstić information content (AvgIpc) is 1.93. The number of amidine groups is 1. The third kappa shape index (κ3) is 1.56. The third-order valence-corrected chi connectivity index (χ3v) is 0.890. The van der Waals surface area contributed by atoms with Gasteiger partial charge in [-0.25, -0.2) is 4.79 Å². The van der Waals surface area contributed by atoms with Crippen LogP contribution < -0.4 is 11.1 Å². The van der Waals surface area contributed by atoms with E-state index in [9.17, 15) is 4.79 Å². The molecular formula is C5H7N3O. The predicted molar refractivity (Wildman–Crippen MR) is 34.2 cm³/mol. The van der Waals surface area contributed by atoms with Crippen LogP contribution in [0.4, 0.5) is 4.79 Å². The maximum absolute atomic E-state index is 10.5. The second-order valence-electron chi connectivity index (χ2n) is 1.63. The number of hydrogen-bond donors (Lipinski definition) is 2. The number of carbonyl (C=O) groups excluding carboxylic acids is 1. The van der Waals surface area contributed by atoms with E-state index >= 15 is 0 Å². The molecule has 1 aliphatic heterocycles. The summed E-state index contributed by atoms with van der Waals surface area (Å²) in [7, 11) is 0. The minimum Gasteiger partial charge on any atom is -0.384 e. The summed E-state index contributed by atoms with van der Waals surface area (Å²) < 4.78 is 0. The standard InChI is InChI=1S/C5H7N3O/c6-4-2-1-3-7-5(9)8-4/h1-2H,3H2,(H3,6,7,8,9). The lowest BCUT2D eigenvalue weighted by Crippen LogP contribution is -2.19. The summed E-state index contributed by atoms with van der Waals surface area (Å²) in [6, 6.07) is -0.377. The Morgan fingerprint density at radius 2 is 2.56 bits per heavy atom. The quantitative estimate of drug-likeness (QED) is 0.463. The number of carbonyl (C=O) groups is 1. The minimum absolute atomic E-state index is 0.255. The van der Waals surface area contributed by atoms with E-state index < -0.39 is 0 Å². The molecule has 0 aromatic rings. The monoisotopic (exact) mass is 125 g/mol. The first-order valence-electron chi connectivity index (χ1n) is 2.57. The molecule has 1 rings (SSSR count). The molecule has 0 atom stereocenters. The fourth-order valence-corrected chi connectivity index (χ4v) is 0.520. The van der Waals surface area contributed by atoms with Crippen molar-refractivity contribution in [2.75, 3.05) is 6.54 Å². The summed E-state index contributed by atoms with van der Waals surface area (Å²) in [5.74, 6) is 0.255. The van der Waals surface area contributed by atoms with Crippen molar-refractivity contribution >= 4 is 11.9 Å². The number of hydrogen-bond acceptors (Lipinski definition) is 2. The van der Waals surface area contributed by atoms with Gasteiger partial charge in [-0.2, -0.15) is 4.99 Å². The summed E-state index contributed by atoms with van der Waals surface area (Å²) in [6.07, 6.45) is 3.33. The smallest absolute Gasteiger partial charge is 0.343 e. The van der Waals surface area contributed by atoms with Crippen molar-refractivity contribution in [2.24, 2.45) is 10.7 Å².